The van der Waals surface area contributed by atoms with Gasteiger partial charge in [0.1, 0.15) is 5.69 Å². The zero-order valence-corrected chi connectivity index (χ0v) is 14.3. The Kier molecular flexibility index (Phi) is 4.99. The van der Waals surface area contributed by atoms with E-state index in [1.807, 2.05) is 50.2 Å². The fourth-order valence-corrected chi connectivity index (χ4v) is 2.29. The van der Waals surface area contributed by atoms with Crippen LogP contribution in [-0.2, 0) is 0 Å². The number of hydrogen-bond donors (Lipinski definition) is 0. The second-order valence-corrected chi connectivity index (χ2v) is 4.90. The molecular weight excluding hydrogens is 316 g/mol. The van der Waals surface area contributed by atoms with Gasteiger partial charge in [0.05, 0.1) is 12.6 Å². The van der Waals surface area contributed by atoms with Gasteiger partial charge < -0.3 is 9.26 Å². The van der Waals surface area contributed by atoms with Crippen LogP contribution in [0.25, 0.3) is 33.9 Å². The Hall–Kier alpha value is -3.28. The SMILES string of the molecule is CC.COc1cc(-c2nc(-c3ccc4ccccc4n3)no2)ccn1. The summed E-state index contributed by atoms with van der Waals surface area (Å²) in [6.07, 6.45) is 1.63. The number of aromatic nitrogens is 4. The van der Waals surface area contributed by atoms with Crippen LogP contribution >= 0.6 is 0 Å². The van der Waals surface area contributed by atoms with Gasteiger partial charge in [0.15, 0.2) is 0 Å². The number of ether oxygens (including phenoxy) is 1. The minimum Gasteiger partial charge on any atom is -0.481 e. The van der Waals surface area contributed by atoms with E-state index in [0.717, 1.165) is 16.5 Å². The largest absolute Gasteiger partial charge is 0.481 e. The molecule has 0 unspecified atom stereocenters. The molecule has 0 N–H and O–H groups in total. The molecule has 25 heavy (non-hydrogen) atoms. The zero-order chi connectivity index (χ0) is 17.6. The standard InChI is InChI=1S/C17H12N4O2.C2H6/c1-22-15-10-12(8-9-18-15)17-20-16(21-23-17)14-7-6-11-4-2-3-5-13(11)19-14;1-2/h2-10H,1H3;1-2H3. The zero-order valence-electron chi connectivity index (χ0n) is 14.3. The summed E-state index contributed by atoms with van der Waals surface area (Å²) in [5.74, 6) is 1.34. The Bertz CT molecular complexity index is 982. The summed E-state index contributed by atoms with van der Waals surface area (Å²) in [6, 6.07) is 15.3. The van der Waals surface area contributed by atoms with E-state index in [-0.39, 0.29) is 0 Å². The van der Waals surface area contributed by atoms with E-state index < -0.39 is 0 Å². The van der Waals surface area contributed by atoms with E-state index in [4.69, 9.17) is 9.26 Å². The first-order chi connectivity index (χ1) is 12.3. The fraction of sp³-hybridized carbons (Fsp3) is 0.158. The summed E-state index contributed by atoms with van der Waals surface area (Å²) in [7, 11) is 1.56. The molecule has 0 fully saturated rings. The lowest BCUT2D eigenvalue weighted by Crippen LogP contribution is -1.88. The van der Waals surface area contributed by atoms with Gasteiger partial charge in [0, 0.05) is 23.2 Å². The van der Waals surface area contributed by atoms with Gasteiger partial charge in [-0.15, -0.1) is 0 Å². The van der Waals surface area contributed by atoms with Crippen LogP contribution in [-0.4, -0.2) is 27.2 Å². The highest BCUT2D eigenvalue weighted by Crippen LogP contribution is 2.24. The number of fused-ring (bicyclic) bond motifs is 1. The summed E-state index contributed by atoms with van der Waals surface area (Å²) >= 11 is 0. The lowest BCUT2D eigenvalue weighted by molar-refractivity contribution is 0.397. The number of hydrogen-bond acceptors (Lipinski definition) is 6. The van der Waals surface area contributed by atoms with Gasteiger partial charge in [-0.2, -0.15) is 4.98 Å². The number of nitrogens with zero attached hydrogens (tertiary/aromatic N) is 4. The average molecular weight is 334 g/mol. The molecule has 0 radical (unpaired) electrons. The van der Waals surface area contributed by atoms with Gasteiger partial charge in [-0.05, 0) is 18.2 Å². The van der Waals surface area contributed by atoms with Gasteiger partial charge in [0.2, 0.25) is 11.7 Å². The second kappa shape index (κ2) is 7.53. The maximum absolute atomic E-state index is 5.33. The Morgan fingerprint density at radius 3 is 2.64 bits per heavy atom. The Labute approximate surface area is 145 Å². The molecule has 1 aromatic carbocycles. The van der Waals surface area contributed by atoms with E-state index in [1.54, 1.807) is 25.4 Å². The van der Waals surface area contributed by atoms with Crippen LogP contribution in [0.3, 0.4) is 0 Å². The molecular formula is C19H18N4O2. The van der Waals surface area contributed by atoms with Crippen molar-refractivity contribution in [1.82, 2.24) is 20.1 Å². The quantitative estimate of drug-likeness (QED) is 0.553. The molecule has 0 saturated heterocycles. The van der Waals surface area contributed by atoms with Crippen LogP contribution in [0.15, 0.2) is 59.3 Å². The first kappa shape index (κ1) is 16.6. The third-order valence-electron chi connectivity index (χ3n) is 3.44. The molecule has 0 bridgehead atoms. The van der Waals surface area contributed by atoms with Crippen LogP contribution < -0.4 is 4.74 Å². The number of methoxy groups -OCH3 is 1. The van der Waals surface area contributed by atoms with Gasteiger partial charge in [-0.1, -0.05) is 43.3 Å². The normalized spacial score (nSPS) is 10.2. The Morgan fingerprint density at radius 2 is 1.80 bits per heavy atom. The smallest absolute Gasteiger partial charge is 0.258 e. The van der Waals surface area contributed by atoms with Crippen molar-refractivity contribution in [2.75, 3.05) is 7.11 Å². The number of pyridine rings is 2. The third kappa shape index (κ3) is 3.47. The number of para-hydroxylation sites is 1. The molecule has 0 amide bonds. The summed E-state index contributed by atoms with van der Waals surface area (Å²) in [4.78, 5) is 13.0. The molecule has 0 aliphatic rings. The lowest BCUT2D eigenvalue weighted by atomic mass is 10.2. The first-order valence-corrected chi connectivity index (χ1v) is 8.04. The Balaban J connectivity index is 0.000000880. The monoisotopic (exact) mass is 334 g/mol. The van der Waals surface area contributed by atoms with E-state index in [1.165, 1.54) is 0 Å². The average Bonchev–Trinajstić information content (AvgIpc) is 3.19. The van der Waals surface area contributed by atoms with Crippen molar-refractivity contribution in [3.05, 3.63) is 54.7 Å². The highest BCUT2D eigenvalue weighted by Gasteiger charge is 2.13. The van der Waals surface area contributed by atoms with E-state index in [9.17, 15) is 0 Å². The minimum absolute atomic E-state index is 0.399. The molecule has 0 aliphatic carbocycles. The van der Waals surface area contributed by atoms with Crippen molar-refractivity contribution in [2.45, 2.75) is 13.8 Å². The predicted molar refractivity (Wildman–Crippen MR) is 96.2 cm³/mol. The topological polar surface area (TPSA) is 73.9 Å². The van der Waals surface area contributed by atoms with Crippen LogP contribution in [0.2, 0.25) is 0 Å². The summed E-state index contributed by atoms with van der Waals surface area (Å²) in [5.41, 5.74) is 2.30. The number of rotatable bonds is 3. The van der Waals surface area contributed by atoms with E-state index in [2.05, 4.69) is 20.1 Å². The second-order valence-electron chi connectivity index (χ2n) is 4.90. The van der Waals surface area contributed by atoms with Crippen LogP contribution in [0.4, 0.5) is 0 Å². The van der Waals surface area contributed by atoms with E-state index >= 15 is 0 Å². The van der Waals surface area contributed by atoms with Gasteiger partial charge in [0.25, 0.3) is 5.89 Å². The van der Waals surface area contributed by atoms with Gasteiger partial charge in [-0.25, -0.2) is 9.97 Å². The maximum Gasteiger partial charge on any atom is 0.258 e. The molecule has 6 heteroatoms. The fourth-order valence-electron chi connectivity index (χ4n) is 2.29. The van der Waals surface area contributed by atoms with Crippen molar-refractivity contribution in [2.24, 2.45) is 0 Å². The molecule has 0 atom stereocenters. The van der Waals surface area contributed by atoms with Crippen LogP contribution in [0.5, 0.6) is 5.88 Å². The van der Waals surface area contributed by atoms with Crippen molar-refractivity contribution in [3.63, 3.8) is 0 Å². The highest BCUT2D eigenvalue weighted by molar-refractivity contribution is 5.80. The predicted octanol–water partition coefficient (Wildman–Crippen LogP) is 4.38. The van der Waals surface area contributed by atoms with Gasteiger partial charge in [-0.3, -0.25) is 0 Å². The molecule has 3 heterocycles. The number of benzene rings is 1. The van der Waals surface area contributed by atoms with Crippen molar-refractivity contribution >= 4 is 10.9 Å². The van der Waals surface area contributed by atoms with Crippen LogP contribution in [0, 0.1) is 0 Å². The third-order valence-corrected chi connectivity index (χ3v) is 3.44. The van der Waals surface area contributed by atoms with Crippen molar-refractivity contribution < 1.29 is 9.26 Å². The van der Waals surface area contributed by atoms with Crippen LogP contribution in [0.1, 0.15) is 13.8 Å². The molecule has 126 valence electrons. The molecule has 3 aromatic heterocycles. The first-order valence-electron chi connectivity index (χ1n) is 8.04. The summed E-state index contributed by atoms with van der Waals surface area (Å²) in [6.45, 7) is 4.00. The summed E-state index contributed by atoms with van der Waals surface area (Å²) < 4.78 is 10.4. The minimum atomic E-state index is 0.399. The summed E-state index contributed by atoms with van der Waals surface area (Å²) in [5, 5.41) is 5.08. The molecule has 0 aliphatic heterocycles. The molecule has 4 aromatic rings. The van der Waals surface area contributed by atoms with E-state index in [0.29, 0.717) is 23.3 Å². The molecule has 0 spiro atoms. The molecule has 4 rings (SSSR count). The van der Waals surface area contributed by atoms with Crippen molar-refractivity contribution in [1.29, 1.82) is 0 Å². The molecule has 6 nitrogen and oxygen atoms in total. The maximum atomic E-state index is 5.33. The van der Waals surface area contributed by atoms with Gasteiger partial charge >= 0.3 is 0 Å². The highest BCUT2D eigenvalue weighted by atomic mass is 16.5. The lowest BCUT2D eigenvalue weighted by Gasteiger charge is -1.99. The molecule has 0 saturated carbocycles. The Morgan fingerprint density at radius 1 is 0.960 bits per heavy atom. The van der Waals surface area contributed by atoms with Crippen molar-refractivity contribution in [3.8, 4) is 28.9 Å².